The fraction of sp³-hybridized carbons (Fsp3) is 0.205. The molecule has 0 radical (unpaired) electrons. The lowest BCUT2D eigenvalue weighted by molar-refractivity contribution is -0.660. The van der Waals surface area contributed by atoms with Crippen molar-refractivity contribution in [3.05, 3.63) is 252 Å². The third-order valence-electron chi connectivity index (χ3n) is 17.9. The highest BCUT2D eigenvalue weighted by atomic mass is 16.3. The molecule has 0 saturated heterocycles. The van der Waals surface area contributed by atoms with Crippen LogP contribution in [0.4, 0.5) is 0 Å². The molecule has 0 saturated carbocycles. The van der Waals surface area contributed by atoms with Crippen LogP contribution in [0.3, 0.4) is 0 Å². The molecule has 0 aliphatic rings. The lowest BCUT2D eigenvalue weighted by atomic mass is 9.95. The van der Waals surface area contributed by atoms with Crippen LogP contribution in [-0.4, -0.2) is 38.2 Å². The van der Waals surface area contributed by atoms with Crippen LogP contribution in [0.2, 0.25) is 0 Å². The first kappa shape index (κ1) is 62.0. The molecular formula is C78H82N12O+4. The second kappa shape index (κ2) is 26.2. The van der Waals surface area contributed by atoms with Gasteiger partial charge in [-0.1, -0.05) is 54.6 Å². The number of fused-ring (bicyclic) bond motifs is 3. The second-order valence-corrected chi connectivity index (χ2v) is 23.7. The third-order valence-corrected chi connectivity index (χ3v) is 17.9. The molecule has 0 aliphatic carbocycles. The molecule has 0 fully saturated rings. The molecule has 91 heavy (non-hydrogen) atoms. The van der Waals surface area contributed by atoms with E-state index in [1.807, 2.05) is 76.0 Å². The molecule has 14 rings (SSSR count). The van der Waals surface area contributed by atoms with Crippen molar-refractivity contribution in [2.45, 2.75) is 55.4 Å². The Kier molecular flexibility index (Phi) is 17.8. The van der Waals surface area contributed by atoms with Crippen LogP contribution in [0.25, 0.3) is 113 Å². The Balaban J connectivity index is 0.000000125. The van der Waals surface area contributed by atoms with Gasteiger partial charge in [-0.2, -0.15) is 0 Å². The lowest BCUT2D eigenvalue weighted by Gasteiger charge is -2.11. The van der Waals surface area contributed by atoms with Gasteiger partial charge in [0.2, 0.25) is 22.8 Å². The highest BCUT2D eigenvalue weighted by Crippen LogP contribution is 2.42. The minimum atomic E-state index is 0.906. The quantitative estimate of drug-likeness (QED) is 0.141. The molecule has 0 N–H and O–H groups in total. The second-order valence-electron chi connectivity index (χ2n) is 23.7. The van der Waals surface area contributed by atoms with Crippen LogP contribution in [-0.2, 0) is 56.4 Å². The number of hydrogen-bond donors (Lipinski definition) is 0. The predicted octanol–water partition coefficient (Wildman–Crippen LogP) is 14.7. The summed E-state index contributed by atoms with van der Waals surface area (Å²) in [5.41, 5.74) is 25.6. The summed E-state index contributed by atoms with van der Waals surface area (Å²) in [7, 11) is 16.5. The van der Waals surface area contributed by atoms with Gasteiger partial charge in [0.05, 0.1) is 17.0 Å². The van der Waals surface area contributed by atoms with Crippen LogP contribution >= 0.6 is 0 Å². The van der Waals surface area contributed by atoms with E-state index < -0.39 is 0 Å². The fourth-order valence-electron chi connectivity index (χ4n) is 12.3. The first-order valence-corrected chi connectivity index (χ1v) is 30.8. The van der Waals surface area contributed by atoms with Crippen molar-refractivity contribution in [3.8, 4) is 90.6 Å². The molecule has 0 aliphatic heterocycles. The lowest BCUT2D eigenvalue weighted by Crippen LogP contribution is -2.30. The number of aromatic nitrogens is 12. The minimum absolute atomic E-state index is 0.906. The van der Waals surface area contributed by atoms with Gasteiger partial charge in [-0.25, -0.2) is 38.2 Å². The summed E-state index contributed by atoms with van der Waals surface area (Å²) in [5.74, 6) is 4.03. The molecule has 5 aromatic carbocycles. The van der Waals surface area contributed by atoms with Crippen molar-refractivity contribution in [3.63, 3.8) is 0 Å². The Hall–Kier alpha value is -10.7. The summed E-state index contributed by atoms with van der Waals surface area (Å²) in [6.45, 7) is 16.9. The summed E-state index contributed by atoms with van der Waals surface area (Å²) >= 11 is 0. The average Bonchev–Trinajstić information content (AvgIpc) is 1.67. The van der Waals surface area contributed by atoms with E-state index in [2.05, 4.69) is 295 Å². The van der Waals surface area contributed by atoms with Crippen LogP contribution in [0.5, 0.6) is 0 Å². The molecule has 0 amide bonds. The first-order valence-electron chi connectivity index (χ1n) is 30.8. The SMILES string of the molecule is Cc1c(-c2ncc(C)n2C)cccc1-c1cccc[n+]1C.Cc1c(-c2nccn2C)cc2c(oc3ccccc32)c1-c1cccc[n+]1C.Cc1cn(C)c(-c2cccc(-c3cccc[n+]3C)c2C)n1.Cc1nc(-c2cccc(-c3cccc[n+]3C)c2C)n(C)c1C. The molecule has 0 atom stereocenters. The van der Waals surface area contributed by atoms with Gasteiger partial charge in [-0.3, -0.25) is 0 Å². The highest BCUT2D eigenvalue weighted by molar-refractivity contribution is 6.11. The van der Waals surface area contributed by atoms with Crippen molar-refractivity contribution < 1.29 is 22.7 Å². The molecule has 9 aromatic heterocycles. The summed E-state index contributed by atoms with van der Waals surface area (Å²) in [5, 5.41) is 2.25. The van der Waals surface area contributed by atoms with E-state index in [4.69, 9.17) is 9.40 Å². The number of nitrogens with zero attached hydrogens (tertiary/aromatic N) is 12. The van der Waals surface area contributed by atoms with Gasteiger partial charge in [0.15, 0.2) is 24.8 Å². The number of benzene rings is 5. The van der Waals surface area contributed by atoms with E-state index in [9.17, 15) is 0 Å². The molecule has 0 spiro atoms. The minimum Gasteiger partial charge on any atom is -0.455 e. The molecule has 14 aromatic rings. The monoisotopic (exact) mass is 1200 g/mol. The van der Waals surface area contributed by atoms with Gasteiger partial charge < -0.3 is 22.7 Å². The predicted molar refractivity (Wildman–Crippen MR) is 366 cm³/mol. The van der Waals surface area contributed by atoms with E-state index in [-0.39, 0.29) is 0 Å². The number of pyridine rings is 4. The average molecular weight is 1200 g/mol. The van der Waals surface area contributed by atoms with Crippen molar-refractivity contribution in [2.75, 3.05) is 0 Å². The third kappa shape index (κ3) is 12.2. The van der Waals surface area contributed by atoms with Gasteiger partial charge in [0.1, 0.15) is 62.7 Å². The van der Waals surface area contributed by atoms with Crippen molar-refractivity contribution in [1.29, 1.82) is 0 Å². The Morgan fingerprint density at radius 1 is 0.396 bits per heavy atom. The zero-order valence-corrected chi connectivity index (χ0v) is 55.4. The van der Waals surface area contributed by atoms with Crippen LogP contribution in [0.15, 0.2) is 212 Å². The normalized spacial score (nSPS) is 11.1. The number of furan rings is 1. The van der Waals surface area contributed by atoms with Gasteiger partial charge in [-0.05, 0) is 132 Å². The van der Waals surface area contributed by atoms with Gasteiger partial charge in [0.25, 0.3) is 0 Å². The molecule has 9 heterocycles. The maximum Gasteiger partial charge on any atom is 0.216 e. The van der Waals surface area contributed by atoms with Gasteiger partial charge >= 0.3 is 0 Å². The standard InChI is InChI=1S/C23H20N3O.C19H22N3.2C18H20N3/c1-15-17(23-24-11-13-26(23)3)14-18-16-8-4-5-10-20(16)27-22(18)21(15)19-9-6-7-12-25(19)2;1-13-16(18-11-6-7-12-21(18)4)9-8-10-17(13)19-20-14(2)15(3)22(19)5;1-13-12-21(4)18(19-13)16-9-7-8-15(14(16)2)17-10-5-6-11-20(17)3;1-13-12-19-18(21(13)4)16-9-7-8-15(14(16)2)17-10-5-6-11-20(17)3/h4-14H,1-3H3;6-12H,1-5H3;2*5-12H,1-4H3/q4*+1. The highest BCUT2D eigenvalue weighted by Gasteiger charge is 2.26. The van der Waals surface area contributed by atoms with Crippen molar-refractivity contribution >= 4 is 21.9 Å². The molecule has 13 heteroatoms. The zero-order valence-electron chi connectivity index (χ0n) is 55.4. The Morgan fingerprint density at radius 2 is 0.868 bits per heavy atom. The largest absolute Gasteiger partial charge is 0.455 e. The number of para-hydroxylation sites is 1. The fourth-order valence-corrected chi connectivity index (χ4v) is 12.3. The molecule has 0 bridgehead atoms. The Labute approximate surface area is 534 Å². The topological polar surface area (TPSA) is 99.9 Å². The van der Waals surface area contributed by atoms with Crippen LogP contribution in [0.1, 0.15) is 45.0 Å². The van der Waals surface area contributed by atoms with Gasteiger partial charge in [0, 0.05) is 163 Å². The molecule has 456 valence electrons. The zero-order chi connectivity index (χ0) is 64.4. The maximum atomic E-state index is 6.34. The smallest absolute Gasteiger partial charge is 0.216 e. The van der Waals surface area contributed by atoms with Crippen molar-refractivity contribution in [1.82, 2.24) is 38.2 Å². The van der Waals surface area contributed by atoms with E-state index >= 15 is 0 Å². The Bertz CT molecular complexity index is 4890. The summed E-state index contributed by atoms with van der Waals surface area (Å²) in [4.78, 5) is 18.6. The van der Waals surface area contributed by atoms with Gasteiger partial charge in [-0.15, -0.1) is 0 Å². The number of rotatable bonds is 8. The summed E-state index contributed by atoms with van der Waals surface area (Å²) in [6, 6.07) is 54.8. The van der Waals surface area contributed by atoms with E-state index in [0.717, 1.165) is 79.0 Å². The van der Waals surface area contributed by atoms with E-state index in [0.29, 0.717) is 0 Å². The van der Waals surface area contributed by atoms with Crippen molar-refractivity contribution in [2.24, 2.45) is 56.4 Å². The first-order chi connectivity index (χ1) is 43.8. The molecule has 0 unspecified atom stereocenters. The number of aryl methyl sites for hydroxylation is 9. The maximum absolute atomic E-state index is 6.34. The number of hydrogen-bond acceptors (Lipinski definition) is 5. The molecule has 13 nitrogen and oxygen atoms in total. The Morgan fingerprint density at radius 3 is 1.31 bits per heavy atom. The number of imidazole rings is 4. The summed E-state index contributed by atoms with van der Waals surface area (Å²) in [6.07, 6.45) is 16.1. The summed E-state index contributed by atoms with van der Waals surface area (Å²) < 4.78 is 23.4. The van der Waals surface area contributed by atoms with Crippen LogP contribution in [0, 0.1) is 55.4 Å². The van der Waals surface area contributed by atoms with Crippen LogP contribution < -0.4 is 18.3 Å². The van der Waals surface area contributed by atoms with E-state index in [1.165, 1.54) is 78.5 Å². The van der Waals surface area contributed by atoms with E-state index in [1.54, 1.807) is 0 Å². The molecular weight excluding hydrogens is 1120 g/mol.